The number of benzene rings is 1. The molecule has 36 heavy (non-hydrogen) atoms. The first kappa shape index (κ1) is 25.2. The number of likely N-dealkylation sites (tertiary alicyclic amines) is 1. The molecule has 1 saturated carbocycles. The molecule has 0 unspecified atom stereocenters. The summed E-state index contributed by atoms with van der Waals surface area (Å²) in [7, 11) is 1.42. The largest absolute Gasteiger partial charge is 0.453 e. The van der Waals surface area contributed by atoms with Gasteiger partial charge in [-0.15, -0.1) is 0 Å². The smallest absolute Gasteiger partial charge is 0.407 e. The third-order valence-corrected chi connectivity index (χ3v) is 9.08. The van der Waals surface area contributed by atoms with E-state index in [0.29, 0.717) is 5.92 Å². The SMILES string of the molecule is COC(=O)N[C@H]1CCC[C@@H]1[C@](Cn1ccnc1C)(c1cccc(F)c1)C1CCN(CC2CNC2)CC1. The second-order valence-corrected chi connectivity index (χ2v) is 11.0. The first-order chi connectivity index (χ1) is 17.5. The summed E-state index contributed by atoms with van der Waals surface area (Å²) in [5, 5.41) is 6.54. The number of piperidine rings is 1. The number of nitrogens with one attached hydrogen (secondary N) is 2. The predicted octanol–water partition coefficient (Wildman–Crippen LogP) is 3.72. The van der Waals surface area contributed by atoms with Gasteiger partial charge in [0.15, 0.2) is 0 Å². The average Bonchev–Trinajstić information content (AvgIpc) is 3.49. The lowest BCUT2D eigenvalue weighted by molar-refractivity contribution is 0.0527. The summed E-state index contributed by atoms with van der Waals surface area (Å²) in [6.07, 6.45) is 8.56. The highest BCUT2D eigenvalue weighted by molar-refractivity contribution is 5.67. The highest BCUT2D eigenvalue weighted by Crippen LogP contribution is 2.51. The van der Waals surface area contributed by atoms with Crippen LogP contribution in [0.3, 0.4) is 0 Å². The molecule has 3 heterocycles. The molecule has 7 nitrogen and oxygen atoms in total. The van der Waals surface area contributed by atoms with E-state index in [9.17, 15) is 9.18 Å². The number of carbonyl (C=O) groups excluding carboxylic acids is 1. The van der Waals surface area contributed by atoms with Crippen LogP contribution in [-0.4, -0.2) is 66.4 Å². The van der Waals surface area contributed by atoms with Crippen LogP contribution in [0.1, 0.15) is 43.5 Å². The van der Waals surface area contributed by atoms with Crippen molar-refractivity contribution in [2.75, 3.05) is 39.8 Å². The van der Waals surface area contributed by atoms with E-state index < -0.39 is 0 Å². The number of amides is 1. The minimum Gasteiger partial charge on any atom is -0.453 e. The quantitative estimate of drug-likeness (QED) is 0.582. The van der Waals surface area contributed by atoms with Gasteiger partial charge in [0.1, 0.15) is 11.6 Å². The Morgan fingerprint density at radius 3 is 2.69 bits per heavy atom. The van der Waals surface area contributed by atoms with E-state index in [-0.39, 0.29) is 29.3 Å². The Morgan fingerprint density at radius 1 is 1.25 bits per heavy atom. The van der Waals surface area contributed by atoms with Crippen LogP contribution in [0.2, 0.25) is 0 Å². The maximum atomic E-state index is 14.8. The minimum absolute atomic E-state index is 0.0105. The van der Waals surface area contributed by atoms with Crippen LogP contribution in [0.4, 0.5) is 9.18 Å². The Labute approximate surface area is 213 Å². The van der Waals surface area contributed by atoms with Gasteiger partial charge in [0.2, 0.25) is 0 Å². The summed E-state index contributed by atoms with van der Waals surface area (Å²) >= 11 is 0. The zero-order valence-electron chi connectivity index (χ0n) is 21.6. The van der Waals surface area contributed by atoms with Crippen molar-refractivity contribution in [3.05, 3.63) is 53.9 Å². The fourth-order valence-electron chi connectivity index (χ4n) is 7.15. The van der Waals surface area contributed by atoms with Crippen LogP contribution < -0.4 is 10.6 Å². The van der Waals surface area contributed by atoms with Crippen molar-refractivity contribution in [2.24, 2.45) is 17.8 Å². The first-order valence-electron chi connectivity index (χ1n) is 13.5. The Morgan fingerprint density at radius 2 is 2.06 bits per heavy atom. The molecule has 3 aliphatic rings. The van der Waals surface area contributed by atoms with Crippen molar-refractivity contribution in [1.29, 1.82) is 0 Å². The highest BCUT2D eigenvalue weighted by Gasteiger charge is 2.52. The van der Waals surface area contributed by atoms with Crippen molar-refractivity contribution in [1.82, 2.24) is 25.1 Å². The van der Waals surface area contributed by atoms with E-state index in [1.807, 2.05) is 25.4 Å². The van der Waals surface area contributed by atoms with Crippen LogP contribution >= 0.6 is 0 Å². The average molecular weight is 498 g/mol. The molecule has 2 aliphatic heterocycles. The molecule has 1 aromatic heterocycles. The zero-order valence-corrected chi connectivity index (χ0v) is 21.6. The number of imidazole rings is 1. The van der Waals surface area contributed by atoms with Crippen LogP contribution in [0.15, 0.2) is 36.7 Å². The lowest BCUT2D eigenvalue weighted by atomic mass is 9.58. The normalized spacial score (nSPS) is 25.3. The van der Waals surface area contributed by atoms with Gasteiger partial charge in [0, 0.05) is 50.0 Å². The fourth-order valence-corrected chi connectivity index (χ4v) is 7.15. The van der Waals surface area contributed by atoms with E-state index in [2.05, 4.69) is 31.2 Å². The molecule has 1 aliphatic carbocycles. The maximum absolute atomic E-state index is 14.8. The second kappa shape index (κ2) is 10.9. The third-order valence-electron chi connectivity index (χ3n) is 9.08. The van der Waals surface area contributed by atoms with Crippen LogP contribution in [-0.2, 0) is 16.7 Å². The zero-order chi connectivity index (χ0) is 25.1. The van der Waals surface area contributed by atoms with Crippen LogP contribution in [0, 0.1) is 30.5 Å². The number of nitrogens with zero attached hydrogens (tertiary/aromatic N) is 3. The molecule has 5 rings (SSSR count). The molecule has 0 radical (unpaired) electrons. The number of hydrogen-bond donors (Lipinski definition) is 2. The number of halogens is 1. The van der Waals surface area contributed by atoms with Gasteiger partial charge in [-0.2, -0.15) is 0 Å². The molecule has 1 aromatic carbocycles. The fraction of sp³-hybridized carbons (Fsp3) is 0.643. The monoisotopic (exact) mass is 497 g/mol. The van der Waals surface area contributed by atoms with E-state index in [0.717, 1.165) is 88.7 Å². The van der Waals surface area contributed by atoms with Gasteiger partial charge in [0.25, 0.3) is 0 Å². The van der Waals surface area contributed by atoms with Gasteiger partial charge >= 0.3 is 6.09 Å². The molecule has 0 bridgehead atoms. The topological polar surface area (TPSA) is 71.4 Å². The molecule has 2 N–H and O–H groups in total. The van der Waals surface area contributed by atoms with Gasteiger partial charge in [-0.3, -0.25) is 0 Å². The van der Waals surface area contributed by atoms with Gasteiger partial charge in [-0.05, 0) is 81.1 Å². The summed E-state index contributed by atoms with van der Waals surface area (Å²) < 4.78 is 22.0. The maximum Gasteiger partial charge on any atom is 0.407 e. The number of aromatic nitrogens is 2. The number of hydrogen-bond acceptors (Lipinski definition) is 5. The molecule has 196 valence electrons. The molecule has 3 fully saturated rings. The van der Waals surface area contributed by atoms with E-state index in [1.165, 1.54) is 13.2 Å². The lowest BCUT2D eigenvalue weighted by Crippen LogP contribution is -2.56. The van der Waals surface area contributed by atoms with Crippen molar-refractivity contribution in [3.8, 4) is 0 Å². The molecular formula is C28H40FN5O2. The lowest BCUT2D eigenvalue weighted by Gasteiger charge is -2.51. The molecule has 2 saturated heterocycles. The van der Waals surface area contributed by atoms with E-state index in [4.69, 9.17) is 4.74 Å². The number of methoxy groups -OCH3 is 1. The van der Waals surface area contributed by atoms with Crippen LogP contribution in [0.5, 0.6) is 0 Å². The van der Waals surface area contributed by atoms with Gasteiger partial charge in [-0.1, -0.05) is 18.6 Å². The van der Waals surface area contributed by atoms with E-state index >= 15 is 0 Å². The van der Waals surface area contributed by atoms with Gasteiger partial charge < -0.3 is 24.8 Å². The molecule has 2 aromatic rings. The van der Waals surface area contributed by atoms with Crippen LogP contribution in [0.25, 0.3) is 0 Å². The second-order valence-electron chi connectivity index (χ2n) is 11.0. The highest BCUT2D eigenvalue weighted by atomic mass is 19.1. The summed E-state index contributed by atoms with van der Waals surface area (Å²) in [6.45, 7) is 8.27. The predicted molar refractivity (Wildman–Crippen MR) is 137 cm³/mol. The van der Waals surface area contributed by atoms with Crippen molar-refractivity contribution in [3.63, 3.8) is 0 Å². The molecule has 1 amide bonds. The van der Waals surface area contributed by atoms with Crippen molar-refractivity contribution >= 4 is 6.09 Å². The molecule has 3 atom stereocenters. The number of alkyl carbamates (subject to hydrolysis) is 1. The Balaban J connectivity index is 1.53. The standard InChI is InChI=1S/C28H40FN5O2/c1-20-31-11-14-34(20)19-28(23-5-3-6-24(29)15-23,25-7-4-8-26(25)32-27(35)36-2)22-9-12-33(13-10-22)18-21-16-30-17-21/h3,5-6,11,14-15,21-22,25-26,30H,4,7-10,12-13,16-19H2,1-2H3,(H,32,35)/t25-,26-,28-/m0/s1. The molecule has 0 spiro atoms. The number of aryl methyl sites for hydroxylation is 1. The number of ether oxygens (including phenoxy) is 1. The van der Waals surface area contributed by atoms with E-state index in [1.54, 1.807) is 6.07 Å². The summed E-state index contributed by atoms with van der Waals surface area (Å²) in [5.74, 6) is 2.05. The minimum atomic E-state index is -0.386. The van der Waals surface area contributed by atoms with Crippen molar-refractivity contribution in [2.45, 2.75) is 57.0 Å². The first-order valence-corrected chi connectivity index (χ1v) is 13.5. The summed E-state index contributed by atoms with van der Waals surface area (Å²) in [6, 6.07) is 7.21. The van der Waals surface area contributed by atoms with Crippen molar-refractivity contribution < 1.29 is 13.9 Å². The number of carbonyl (C=O) groups is 1. The molecular weight excluding hydrogens is 457 g/mol. The number of rotatable bonds is 8. The summed E-state index contributed by atoms with van der Waals surface area (Å²) in [5.41, 5.74) is 0.709. The van der Waals surface area contributed by atoms with Gasteiger partial charge in [0.05, 0.1) is 7.11 Å². The Hall–Kier alpha value is -2.45. The summed E-state index contributed by atoms with van der Waals surface area (Å²) in [4.78, 5) is 19.5. The molecule has 8 heteroatoms. The third kappa shape index (κ3) is 5.02. The van der Waals surface area contributed by atoms with Gasteiger partial charge in [-0.25, -0.2) is 14.2 Å². The Bertz CT molecular complexity index is 1030. The Kier molecular flexibility index (Phi) is 7.62.